The van der Waals surface area contributed by atoms with Gasteiger partial charge in [-0.15, -0.1) is 0 Å². The molecule has 0 fully saturated rings. The quantitative estimate of drug-likeness (QED) is 0.401. The van der Waals surface area contributed by atoms with E-state index in [0.717, 1.165) is 0 Å². The Balaban J connectivity index is 2.45. The highest BCUT2D eigenvalue weighted by atomic mass is 16.6. The minimum atomic E-state index is -0.125. The molecule has 7 heavy (non-hydrogen) atoms. The zero-order chi connectivity index (χ0) is 5.54. The summed E-state index contributed by atoms with van der Waals surface area (Å²) in [5.74, 6) is 0. The van der Waals surface area contributed by atoms with Gasteiger partial charge in [-0.1, -0.05) is 0 Å². The van der Waals surface area contributed by atoms with Crippen LogP contribution in [0.3, 0.4) is 0 Å². The number of rotatable bonds is 4. The molecule has 0 amide bonds. The van der Waals surface area contributed by atoms with Crippen LogP contribution in [0.5, 0.6) is 0 Å². The monoisotopic (exact) mass is 104 g/mol. The second kappa shape index (κ2) is 5.88. The van der Waals surface area contributed by atoms with Crippen LogP contribution < -0.4 is 5.48 Å². The molecular weight excluding hydrogens is 94.0 g/mol. The first-order valence-electron chi connectivity index (χ1n) is 2.34. The van der Waals surface area contributed by atoms with E-state index in [-0.39, 0.29) is 6.61 Å². The lowest BCUT2D eigenvalue weighted by molar-refractivity contribution is 0.0328. The average molecular weight is 104 g/mol. The van der Waals surface area contributed by atoms with Crippen LogP contribution in [0, 0.1) is 0 Å². The van der Waals surface area contributed by atoms with Gasteiger partial charge in [-0.25, -0.2) is 10.6 Å². The van der Waals surface area contributed by atoms with E-state index in [1.807, 2.05) is 6.92 Å². The highest BCUT2D eigenvalue weighted by Crippen LogP contribution is 1.60. The summed E-state index contributed by atoms with van der Waals surface area (Å²) in [5, 5.41) is 9.66. The Hall–Kier alpha value is -0.120. The van der Waals surface area contributed by atoms with E-state index >= 15 is 0 Å². The summed E-state index contributed by atoms with van der Waals surface area (Å²) in [7, 11) is 0. The van der Waals surface area contributed by atoms with Crippen LogP contribution in [-0.2, 0) is 9.94 Å². The maximum Gasteiger partial charge on any atom is 0.0969 e. The Morgan fingerprint density at radius 1 is 1.71 bits per heavy atom. The van der Waals surface area contributed by atoms with Crippen LogP contribution in [0.2, 0.25) is 0 Å². The van der Waals surface area contributed by atoms with Gasteiger partial charge in [-0.05, 0) is 6.92 Å². The lowest BCUT2D eigenvalue weighted by atomic mass is 10.7. The van der Waals surface area contributed by atoms with Gasteiger partial charge in [0, 0.05) is 6.54 Å². The molecule has 0 rings (SSSR count). The van der Waals surface area contributed by atoms with Gasteiger partial charge in [-0.3, -0.25) is 0 Å². The first-order valence-corrected chi connectivity index (χ1v) is 2.34. The first kappa shape index (κ1) is 6.88. The number of hydrogen-bond donors (Lipinski definition) is 1. The van der Waals surface area contributed by atoms with Crippen molar-refractivity contribution < 1.29 is 9.94 Å². The minimum absolute atomic E-state index is 0.125. The highest BCUT2D eigenvalue weighted by Gasteiger charge is 1.78. The van der Waals surface area contributed by atoms with Crippen LogP contribution in [0.15, 0.2) is 0 Å². The van der Waals surface area contributed by atoms with Gasteiger partial charge >= 0.3 is 0 Å². The fourth-order valence-corrected chi connectivity index (χ4v) is 0.216. The van der Waals surface area contributed by atoms with Crippen molar-refractivity contribution in [2.75, 3.05) is 19.8 Å². The highest BCUT2D eigenvalue weighted by molar-refractivity contribution is 4.23. The summed E-state index contributed by atoms with van der Waals surface area (Å²) in [5.41, 5.74) is 2.47. The zero-order valence-corrected chi connectivity index (χ0v) is 4.44. The number of hydroxylamine groups is 1. The summed E-state index contributed by atoms with van der Waals surface area (Å²) in [6, 6.07) is 0. The molecule has 0 bridgehead atoms. The van der Waals surface area contributed by atoms with E-state index in [0.29, 0.717) is 13.2 Å². The third-order valence-corrected chi connectivity index (χ3v) is 0.451. The molecule has 0 saturated heterocycles. The van der Waals surface area contributed by atoms with Gasteiger partial charge in [0.15, 0.2) is 0 Å². The summed E-state index contributed by atoms with van der Waals surface area (Å²) >= 11 is 0. The molecule has 43 valence electrons. The fraction of sp³-hybridized carbons (Fsp3) is 1.00. The standard InChI is InChI=1S/C4H10NO2/c1-2-7-5-3-4-6/h5H,2-4H2,1H3. The van der Waals surface area contributed by atoms with Crippen molar-refractivity contribution in [3.05, 3.63) is 0 Å². The van der Waals surface area contributed by atoms with Crippen LogP contribution in [-0.4, -0.2) is 19.8 Å². The Morgan fingerprint density at radius 2 is 2.43 bits per heavy atom. The van der Waals surface area contributed by atoms with Crippen molar-refractivity contribution in [3.63, 3.8) is 0 Å². The van der Waals surface area contributed by atoms with Crippen molar-refractivity contribution in [2.24, 2.45) is 0 Å². The molecule has 0 aromatic heterocycles. The Labute approximate surface area is 43.2 Å². The predicted octanol–water partition coefficient (Wildman–Crippen LogP) is -0.0420. The summed E-state index contributed by atoms with van der Waals surface area (Å²) < 4.78 is 0. The van der Waals surface area contributed by atoms with Gasteiger partial charge in [0.1, 0.15) is 0 Å². The molecule has 0 unspecified atom stereocenters. The van der Waals surface area contributed by atoms with Crippen LogP contribution in [0.4, 0.5) is 0 Å². The number of hydrogen-bond acceptors (Lipinski definition) is 2. The van der Waals surface area contributed by atoms with Gasteiger partial charge < -0.3 is 4.84 Å². The molecule has 0 spiro atoms. The third kappa shape index (κ3) is 5.88. The van der Waals surface area contributed by atoms with Gasteiger partial charge in [-0.2, -0.15) is 0 Å². The van der Waals surface area contributed by atoms with Gasteiger partial charge in [0.05, 0.1) is 13.2 Å². The molecule has 0 aromatic carbocycles. The topological polar surface area (TPSA) is 41.2 Å². The second-order valence-electron chi connectivity index (χ2n) is 1.03. The van der Waals surface area contributed by atoms with Gasteiger partial charge in [0.2, 0.25) is 0 Å². The molecule has 0 saturated carbocycles. The largest absolute Gasteiger partial charge is 0.302 e. The van der Waals surface area contributed by atoms with E-state index in [1.165, 1.54) is 0 Å². The third-order valence-electron chi connectivity index (χ3n) is 0.451. The van der Waals surface area contributed by atoms with E-state index in [4.69, 9.17) is 0 Å². The molecular formula is C4H10NO2. The molecule has 3 heteroatoms. The molecule has 0 aliphatic rings. The van der Waals surface area contributed by atoms with Crippen molar-refractivity contribution >= 4 is 0 Å². The smallest absolute Gasteiger partial charge is 0.0969 e. The molecule has 1 N–H and O–H groups in total. The Kier molecular flexibility index (Phi) is 5.78. The van der Waals surface area contributed by atoms with Crippen molar-refractivity contribution in [3.8, 4) is 0 Å². The van der Waals surface area contributed by atoms with E-state index in [2.05, 4.69) is 10.3 Å². The van der Waals surface area contributed by atoms with E-state index in [9.17, 15) is 5.11 Å². The molecule has 0 aliphatic carbocycles. The first-order chi connectivity index (χ1) is 3.41. The SMILES string of the molecule is CCONCC[O]. The van der Waals surface area contributed by atoms with E-state index in [1.54, 1.807) is 0 Å². The van der Waals surface area contributed by atoms with Crippen LogP contribution in [0.25, 0.3) is 0 Å². The summed E-state index contributed by atoms with van der Waals surface area (Å²) in [6.45, 7) is 2.74. The van der Waals surface area contributed by atoms with Crippen molar-refractivity contribution in [1.82, 2.24) is 5.48 Å². The minimum Gasteiger partial charge on any atom is -0.302 e. The second-order valence-corrected chi connectivity index (χ2v) is 1.03. The Bertz CT molecular complexity index is 28.9. The molecule has 1 radical (unpaired) electrons. The summed E-state index contributed by atoms with van der Waals surface area (Å²) in [4.78, 5) is 4.62. The molecule has 3 nitrogen and oxygen atoms in total. The maximum atomic E-state index is 9.66. The van der Waals surface area contributed by atoms with Crippen molar-refractivity contribution in [1.29, 1.82) is 0 Å². The number of nitrogens with one attached hydrogen (secondary N) is 1. The Morgan fingerprint density at radius 3 is 2.86 bits per heavy atom. The molecule has 0 aromatic rings. The van der Waals surface area contributed by atoms with Crippen LogP contribution >= 0.6 is 0 Å². The molecule has 0 aliphatic heterocycles. The van der Waals surface area contributed by atoms with Crippen LogP contribution in [0.1, 0.15) is 6.92 Å². The average Bonchev–Trinajstić information content (AvgIpc) is 1.69. The maximum absolute atomic E-state index is 9.66. The molecule has 0 atom stereocenters. The van der Waals surface area contributed by atoms with E-state index < -0.39 is 0 Å². The summed E-state index contributed by atoms with van der Waals surface area (Å²) in [6.07, 6.45) is 0. The van der Waals surface area contributed by atoms with Gasteiger partial charge in [0.25, 0.3) is 0 Å². The lowest BCUT2D eigenvalue weighted by Crippen LogP contribution is -2.17. The predicted molar refractivity (Wildman–Crippen MR) is 25.2 cm³/mol. The lowest BCUT2D eigenvalue weighted by Gasteiger charge is -1.96. The normalized spacial score (nSPS) is 9.43. The molecule has 0 heterocycles. The fourth-order valence-electron chi connectivity index (χ4n) is 0.216. The zero-order valence-electron chi connectivity index (χ0n) is 4.44. The van der Waals surface area contributed by atoms with Crippen molar-refractivity contribution in [2.45, 2.75) is 6.92 Å².